The van der Waals surface area contributed by atoms with Gasteiger partial charge in [-0.05, 0) is 11.1 Å². The first-order valence-electron chi connectivity index (χ1n) is 7.12. The first-order valence-corrected chi connectivity index (χ1v) is 7.12. The van der Waals surface area contributed by atoms with Crippen LogP contribution in [0.3, 0.4) is 0 Å². The van der Waals surface area contributed by atoms with Crippen molar-refractivity contribution in [1.82, 2.24) is 0 Å². The minimum absolute atomic E-state index is 0.0972. The molecular weight excluding hydrogens is 260 g/mol. The highest BCUT2D eigenvalue weighted by molar-refractivity contribution is 6.11. The Morgan fingerprint density at radius 3 is 2.00 bits per heavy atom. The molecular formula is C19H18O2. The second kappa shape index (κ2) is 4.88. The Morgan fingerprint density at radius 2 is 1.43 bits per heavy atom. The Hall–Kier alpha value is -2.35. The molecule has 0 radical (unpaired) electrons. The Morgan fingerprint density at radius 1 is 0.905 bits per heavy atom. The van der Waals surface area contributed by atoms with Crippen LogP contribution in [0.2, 0.25) is 0 Å². The lowest BCUT2D eigenvalue weighted by molar-refractivity contribution is -0.124. The van der Waals surface area contributed by atoms with Gasteiger partial charge in [-0.25, -0.2) is 0 Å². The molecule has 0 saturated carbocycles. The molecule has 0 aromatic heterocycles. The summed E-state index contributed by atoms with van der Waals surface area (Å²) in [7, 11) is 0. The molecule has 2 heteroatoms. The number of aliphatic hydroxyl groups is 1. The predicted octanol–water partition coefficient (Wildman–Crippen LogP) is 4.35. The van der Waals surface area contributed by atoms with Crippen molar-refractivity contribution in [3.8, 4) is 0 Å². The summed E-state index contributed by atoms with van der Waals surface area (Å²) in [5.41, 5.74) is 2.05. The molecule has 0 spiro atoms. The lowest BCUT2D eigenvalue weighted by Gasteiger charge is -2.28. The lowest BCUT2D eigenvalue weighted by atomic mass is 9.73. The van der Waals surface area contributed by atoms with Crippen molar-refractivity contribution in [2.24, 2.45) is 5.41 Å². The van der Waals surface area contributed by atoms with E-state index < -0.39 is 5.41 Å². The van der Waals surface area contributed by atoms with Crippen LogP contribution in [0.15, 0.2) is 66.4 Å². The maximum Gasteiger partial charge on any atom is 0.203 e. The SMILES string of the molecule is CC1(C)C(=O)C(O)=C(c2ccccc2)C1c1ccccc1. The van der Waals surface area contributed by atoms with Crippen molar-refractivity contribution in [3.63, 3.8) is 0 Å². The van der Waals surface area contributed by atoms with Crippen LogP contribution < -0.4 is 0 Å². The van der Waals surface area contributed by atoms with E-state index >= 15 is 0 Å². The Bertz CT molecular complexity index is 697. The summed E-state index contributed by atoms with van der Waals surface area (Å²) in [6, 6.07) is 19.6. The molecule has 2 nitrogen and oxygen atoms in total. The second-order valence-electron chi connectivity index (χ2n) is 6.02. The van der Waals surface area contributed by atoms with Gasteiger partial charge in [0.05, 0.1) is 0 Å². The summed E-state index contributed by atoms with van der Waals surface area (Å²) in [5.74, 6) is -0.413. The number of Topliss-reactive ketones (excluding diaryl/α,β-unsaturated/α-hetero) is 1. The highest BCUT2D eigenvalue weighted by Crippen LogP contribution is 2.52. The molecule has 0 aliphatic heterocycles. The summed E-state index contributed by atoms with van der Waals surface area (Å²) >= 11 is 0. The molecule has 0 amide bonds. The predicted molar refractivity (Wildman–Crippen MR) is 84.0 cm³/mol. The Kier molecular flexibility index (Phi) is 3.17. The molecule has 2 aromatic rings. The average Bonchev–Trinajstić information content (AvgIpc) is 2.69. The molecule has 1 unspecified atom stereocenters. The van der Waals surface area contributed by atoms with E-state index in [1.54, 1.807) is 0 Å². The molecule has 1 aliphatic carbocycles. The van der Waals surface area contributed by atoms with Gasteiger partial charge in [0, 0.05) is 16.9 Å². The fraction of sp³-hybridized carbons (Fsp3) is 0.211. The molecule has 0 heterocycles. The fourth-order valence-electron chi connectivity index (χ4n) is 3.21. The number of benzene rings is 2. The first kappa shape index (κ1) is 13.6. The van der Waals surface area contributed by atoms with Gasteiger partial charge in [-0.2, -0.15) is 0 Å². The minimum atomic E-state index is -0.642. The molecule has 106 valence electrons. The summed E-state index contributed by atoms with van der Waals surface area (Å²) in [5, 5.41) is 10.4. The summed E-state index contributed by atoms with van der Waals surface area (Å²) in [4.78, 5) is 12.5. The van der Waals surface area contributed by atoms with Crippen LogP contribution in [0.5, 0.6) is 0 Å². The highest BCUT2D eigenvalue weighted by atomic mass is 16.3. The van der Waals surface area contributed by atoms with Crippen LogP contribution in [0.4, 0.5) is 0 Å². The summed E-state index contributed by atoms with van der Waals surface area (Å²) < 4.78 is 0. The second-order valence-corrected chi connectivity index (χ2v) is 6.02. The van der Waals surface area contributed by atoms with Crippen LogP contribution in [0, 0.1) is 5.41 Å². The van der Waals surface area contributed by atoms with E-state index in [9.17, 15) is 9.90 Å². The van der Waals surface area contributed by atoms with E-state index in [0.29, 0.717) is 0 Å². The maximum absolute atomic E-state index is 12.5. The number of carbonyl (C=O) groups excluding carboxylic acids is 1. The third-order valence-electron chi connectivity index (χ3n) is 4.28. The van der Waals surface area contributed by atoms with Gasteiger partial charge in [0.25, 0.3) is 0 Å². The molecule has 1 atom stereocenters. The fourth-order valence-corrected chi connectivity index (χ4v) is 3.21. The largest absolute Gasteiger partial charge is 0.504 e. The molecule has 2 aromatic carbocycles. The van der Waals surface area contributed by atoms with Crippen molar-refractivity contribution in [1.29, 1.82) is 0 Å². The van der Waals surface area contributed by atoms with Crippen LogP contribution in [0.25, 0.3) is 5.57 Å². The zero-order chi connectivity index (χ0) is 15.0. The lowest BCUT2D eigenvalue weighted by Crippen LogP contribution is -2.26. The smallest absolute Gasteiger partial charge is 0.203 e. The number of hydrogen-bond acceptors (Lipinski definition) is 2. The number of allylic oxidation sites excluding steroid dienone is 2. The van der Waals surface area contributed by atoms with Gasteiger partial charge in [-0.15, -0.1) is 0 Å². The number of hydrogen-bond donors (Lipinski definition) is 1. The minimum Gasteiger partial charge on any atom is -0.504 e. The van der Waals surface area contributed by atoms with Gasteiger partial charge < -0.3 is 5.11 Å². The molecule has 21 heavy (non-hydrogen) atoms. The van der Waals surface area contributed by atoms with Gasteiger partial charge in [-0.1, -0.05) is 74.5 Å². The van der Waals surface area contributed by atoms with E-state index in [1.165, 1.54) is 0 Å². The van der Waals surface area contributed by atoms with Gasteiger partial charge >= 0.3 is 0 Å². The third-order valence-corrected chi connectivity index (χ3v) is 4.28. The zero-order valence-corrected chi connectivity index (χ0v) is 12.2. The molecule has 1 aliphatic rings. The quantitative estimate of drug-likeness (QED) is 0.886. The van der Waals surface area contributed by atoms with Crippen molar-refractivity contribution >= 4 is 11.4 Å². The maximum atomic E-state index is 12.5. The zero-order valence-electron chi connectivity index (χ0n) is 12.2. The molecule has 0 fully saturated rings. The van der Waals surface area contributed by atoms with Gasteiger partial charge in [0.15, 0.2) is 5.76 Å². The molecule has 0 bridgehead atoms. The third kappa shape index (κ3) is 2.07. The van der Waals surface area contributed by atoms with E-state index in [0.717, 1.165) is 16.7 Å². The molecule has 3 rings (SSSR count). The van der Waals surface area contributed by atoms with Crippen molar-refractivity contribution in [3.05, 3.63) is 77.5 Å². The van der Waals surface area contributed by atoms with Crippen molar-refractivity contribution in [2.75, 3.05) is 0 Å². The number of rotatable bonds is 2. The van der Waals surface area contributed by atoms with E-state index in [4.69, 9.17) is 0 Å². The monoisotopic (exact) mass is 278 g/mol. The van der Waals surface area contributed by atoms with Crippen molar-refractivity contribution in [2.45, 2.75) is 19.8 Å². The van der Waals surface area contributed by atoms with E-state index in [2.05, 4.69) is 0 Å². The van der Waals surface area contributed by atoms with Crippen LogP contribution in [-0.4, -0.2) is 10.9 Å². The van der Waals surface area contributed by atoms with Crippen molar-refractivity contribution < 1.29 is 9.90 Å². The summed E-state index contributed by atoms with van der Waals surface area (Å²) in [6.07, 6.45) is 0. The van der Waals surface area contributed by atoms with Crippen LogP contribution >= 0.6 is 0 Å². The standard InChI is InChI=1S/C19H18O2/c1-19(2)16(14-11-7-4-8-12-14)15(17(20)18(19)21)13-9-5-3-6-10-13/h3-12,16,20H,1-2H3. The van der Waals surface area contributed by atoms with E-state index in [1.807, 2.05) is 74.5 Å². The molecule has 1 N–H and O–H groups in total. The Labute approximate surface area is 124 Å². The molecule has 0 saturated heterocycles. The van der Waals surface area contributed by atoms with Crippen LogP contribution in [0.1, 0.15) is 30.9 Å². The first-order chi connectivity index (χ1) is 10.0. The number of aliphatic hydroxyl groups excluding tert-OH is 1. The number of ketones is 1. The normalized spacial score (nSPS) is 20.9. The van der Waals surface area contributed by atoms with Gasteiger partial charge in [0.1, 0.15) is 0 Å². The van der Waals surface area contributed by atoms with Gasteiger partial charge in [0.2, 0.25) is 5.78 Å². The topological polar surface area (TPSA) is 37.3 Å². The number of carbonyl (C=O) groups is 1. The summed E-state index contributed by atoms with van der Waals surface area (Å²) in [6.45, 7) is 3.80. The average molecular weight is 278 g/mol. The highest BCUT2D eigenvalue weighted by Gasteiger charge is 2.49. The van der Waals surface area contributed by atoms with E-state index in [-0.39, 0.29) is 17.5 Å². The van der Waals surface area contributed by atoms with Crippen LogP contribution in [-0.2, 0) is 4.79 Å². The Balaban J connectivity index is 2.21. The van der Waals surface area contributed by atoms with Gasteiger partial charge in [-0.3, -0.25) is 4.79 Å².